The molecule has 0 aromatic heterocycles. The highest BCUT2D eigenvalue weighted by Gasteiger charge is 2.50. The molecule has 1 saturated heterocycles. The van der Waals surface area contributed by atoms with Crippen LogP contribution in [-0.4, -0.2) is 11.7 Å². The molecule has 1 fully saturated rings. The molecule has 21 heavy (non-hydrogen) atoms. The van der Waals surface area contributed by atoms with Gasteiger partial charge in [0.1, 0.15) is 0 Å². The lowest BCUT2D eigenvalue weighted by molar-refractivity contribution is 0.293. The normalized spacial score (nSPS) is 39.1. The van der Waals surface area contributed by atoms with Crippen LogP contribution in [0.3, 0.4) is 0 Å². The lowest BCUT2D eigenvalue weighted by Gasteiger charge is -2.14. The quantitative estimate of drug-likeness (QED) is 0.427. The van der Waals surface area contributed by atoms with Gasteiger partial charge in [-0.25, -0.2) is 0 Å². The molecule has 1 heterocycles. The Morgan fingerprint density at radius 2 is 1.86 bits per heavy atom. The van der Waals surface area contributed by atoms with E-state index in [0.717, 1.165) is 6.42 Å². The zero-order chi connectivity index (χ0) is 15.5. The van der Waals surface area contributed by atoms with Crippen LogP contribution in [0.4, 0.5) is 0 Å². The highest BCUT2D eigenvalue weighted by atomic mass is 16.6. The average Bonchev–Trinajstić information content (AvgIpc) is 3.06. The van der Waals surface area contributed by atoms with Gasteiger partial charge in [0.25, 0.3) is 0 Å². The predicted molar refractivity (Wildman–Crippen MR) is 91.4 cm³/mol. The van der Waals surface area contributed by atoms with Gasteiger partial charge in [0, 0.05) is 0 Å². The summed E-state index contributed by atoms with van der Waals surface area (Å²) in [7, 11) is 0. The second kappa shape index (κ2) is 6.96. The van der Waals surface area contributed by atoms with E-state index in [2.05, 4.69) is 52.8 Å². The Balaban J connectivity index is 2.12. The number of rotatable bonds is 1. The Morgan fingerprint density at radius 1 is 1.10 bits per heavy atom. The molecular weight excluding hydrogens is 256 g/mol. The number of epoxide rings is 1. The van der Waals surface area contributed by atoms with Crippen molar-refractivity contribution in [1.82, 2.24) is 0 Å². The third-order valence-corrected chi connectivity index (χ3v) is 5.10. The topological polar surface area (TPSA) is 12.5 Å². The molecule has 1 aliphatic carbocycles. The van der Waals surface area contributed by atoms with Crippen LogP contribution in [-0.2, 0) is 4.74 Å². The lowest BCUT2D eigenvalue weighted by Crippen LogP contribution is -2.11. The minimum absolute atomic E-state index is 0.136. The number of hydrogen-bond acceptors (Lipinski definition) is 1. The van der Waals surface area contributed by atoms with Crippen LogP contribution < -0.4 is 0 Å². The van der Waals surface area contributed by atoms with E-state index in [4.69, 9.17) is 4.74 Å². The molecule has 2 atom stereocenters. The zero-order valence-corrected chi connectivity index (χ0v) is 14.5. The monoisotopic (exact) mass is 288 g/mol. The molecule has 1 heteroatoms. The maximum absolute atomic E-state index is 6.01. The first-order chi connectivity index (χ1) is 9.90. The van der Waals surface area contributed by atoms with Crippen molar-refractivity contribution in [3.05, 3.63) is 34.9 Å². The molecular formula is C20H32O. The summed E-state index contributed by atoms with van der Waals surface area (Å²) < 4.78 is 6.01. The minimum Gasteiger partial charge on any atom is -0.366 e. The van der Waals surface area contributed by atoms with Gasteiger partial charge < -0.3 is 4.74 Å². The number of allylic oxidation sites excluding steroid dienone is 6. The lowest BCUT2D eigenvalue weighted by atomic mass is 9.90. The molecule has 0 radical (unpaired) electrons. The summed E-state index contributed by atoms with van der Waals surface area (Å²) >= 11 is 0. The molecule has 2 rings (SSSR count). The highest BCUT2D eigenvalue weighted by molar-refractivity contribution is 5.20. The molecule has 2 unspecified atom stereocenters. The van der Waals surface area contributed by atoms with Gasteiger partial charge in [-0.3, -0.25) is 0 Å². The van der Waals surface area contributed by atoms with Crippen molar-refractivity contribution in [3.8, 4) is 0 Å². The summed E-state index contributed by atoms with van der Waals surface area (Å²) in [6.07, 6.45) is 14.6. The number of hydrogen-bond donors (Lipinski definition) is 0. The van der Waals surface area contributed by atoms with Crippen molar-refractivity contribution >= 4 is 0 Å². The molecule has 1 nitrogen and oxygen atoms in total. The molecule has 0 spiro atoms. The van der Waals surface area contributed by atoms with Crippen LogP contribution in [0.15, 0.2) is 34.9 Å². The van der Waals surface area contributed by atoms with Crippen molar-refractivity contribution in [3.63, 3.8) is 0 Å². The van der Waals surface area contributed by atoms with Crippen LogP contribution >= 0.6 is 0 Å². The van der Waals surface area contributed by atoms with E-state index in [0.29, 0.717) is 12.0 Å². The molecule has 0 saturated carbocycles. The van der Waals surface area contributed by atoms with Gasteiger partial charge in [0.05, 0.1) is 11.7 Å². The fourth-order valence-electron chi connectivity index (χ4n) is 3.17. The predicted octanol–water partition coefficient (Wildman–Crippen LogP) is 5.97. The summed E-state index contributed by atoms with van der Waals surface area (Å²) in [5.41, 5.74) is 4.71. The third kappa shape index (κ3) is 4.85. The van der Waals surface area contributed by atoms with Crippen LogP contribution in [0.25, 0.3) is 0 Å². The first kappa shape index (κ1) is 16.5. The standard InChI is InChI=1S/C20H32O/c1-15(2)18-11-9-16(3)7-6-8-17(4)10-12-19-20(5,21-19)14-13-18/h8-9,11,15,19H,6-7,10,12-14H2,1-5H3/b16-9+,17-8+,18-11+. The summed E-state index contributed by atoms with van der Waals surface area (Å²) in [6.45, 7) is 11.4. The molecule has 2 aliphatic rings. The van der Waals surface area contributed by atoms with Crippen LogP contribution in [0.1, 0.15) is 73.1 Å². The van der Waals surface area contributed by atoms with Crippen molar-refractivity contribution < 1.29 is 4.74 Å². The van der Waals surface area contributed by atoms with Gasteiger partial charge in [0.2, 0.25) is 0 Å². The van der Waals surface area contributed by atoms with E-state index in [1.807, 2.05) is 0 Å². The number of fused-ring (bicyclic) bond motifs is 1. The summed E-state index contributed by atoms with van der Waals surface area (Å²) in [4.78, 5) is 0. The Hall–Kier alpha value is -0.820. The van der Waals surface area contributed by atoms with Gasteiger partial charge in [-0.2, -0.15) is 0 Å². The second-order valence-corrected chi connectivity index (χ2v) is 7.46. The molecule has 0 amide bonds. The van der Waals surface area contributed by atoms with E-state index in [9.17, 15) is 0 Å². The van der Waals surface area contributed by atoms with E-state index >= 15 is 0 Å². The zero-order valence-electron chi connectivity index (χ0n) is 14.5. The Labute approximate surface area is 131 Å². The van der Waals surface area contributed by atoms with E-state index in [1.165, 1.54) is 43.3 Å². The largest absolute Gasteiger partial charge is 0.366 e. The molecule has 0 aromatic rings. The van der Waals surface area contributed by atoms with Crippen molar-refractivity contribution in [2.24, 2.45) is 5.92 Å². The third-order valence-electron chi connectivity index (χ3n) is 5.10. The van der Waals surface area contributed by atoms with Crippen molar-refractivity contribution in [2.45, 2.75) is 84.8 Å². The minimum atomic E-state index is 0.136. The molecule has 0 aromatic carbocycles. The first-order valence-corrected chi connectivity index (χ1v) is 8.60. The smallest absolute Gasteiger partial charge is 0.0923 e. The Kier molecular flexibility index (Phi) is 5.48. The summed E-state index contributed by atoms with van der Waals surface area (Å²) in [5, 5.41) is 0. The summed E-state index contributed by atoms with van der Waals surface area (Å²) in [6, 6.07) is 0. The van der Waals surface area contributed by atoms with Gasteiger partial charge in [0.15, 0.2) is 0 Å². The highest BCUT2D eigenvalue weighted by Crippen LogP contribution is 2.44. The maximum Gasteiger partial charge on any atom is 0.0923 e. The van der Waals surface area contributed by atoms with Gasteiger partial charge >= 0.3 is 0 Å². The Morgan fingerprint density at radius 3 is 2.57 bits per heavy atom. The van der Waals surface area contributed by atoms with Gasteiger partial charge in [-0.15, -0.1) is 0 Å². The van der Waals surface area contributed by atoms with E-state index in [1.54, 1.807) is 5.57 Å². The van der Waals surface area contributed by atoms with Crippen molar-refractivity contribution in [2.75, 3.05) is 0 Å². The van der Waals surface area contributed by atoms with Crippen LogP contribution in [0, 0.1) is 5.92 Å². The van der Waals surface area contributed by atoms with Crippen molar-refractivity contribution in [1.29, 1.82) is 0 Å². The second-order valence-electron chi connectivity index (χ2n) is 7.46. The molecule has 0 bridgehead atoms. The van der Waals surface area contributed by atoms with E-state index < -0.39 is 0 Å². The molecule has 118 valence electrons. The van der Waals surface area contributed by atoms with E-state index in [-0.39, 0.29) is 5.60 Å². The Bertz CT molecular complexity index is 452. The average molecular weight is 288 g/mol. The van der Waals surface area contributed by atoms with Crippen LogP contribution in [0.2, 0.25) is 0 Å². The van der Waals surface area contributed by atoms with Crippen LogP contribution in [0.5, 0.6) is 0 Å². The molecule has 0 N–H and O–H groups in total. The fraction of sp³-hybridized carbons (Fsp3) is 0.700. The SMILES string of the molecule is C/C1=C\C=C(\C(C)C)CCC2(C)OC2CC/C(C)=C/CC1. The first-order valence-electron chi connectivity index (χ1n) is 8.60. The summed E-state index contributed by atoms with van der Waals surface area (Å²) in [5.74, 6) is 0.630. The fourth-order valence-corrected chi connectivity index (χ4v) is 3.17. The van der Waals surface area contributed by atoms with Gasteiger partial charge in [-0.1, -0.05) is 48.8 Å². The molecule has 1 aliphatic heterocycles. The number of ether oxygens (including phenoxy) is 1. The van der Waals surface area contributed by atoms with Gasteiger partial charge in [-0.05, 0) is 65.2 Å². The maximum atomic E-state index is 6.01.